The predicted molar refractivity (Wildman–Crippen MR) is 87.5 cm³/mol. The molecule has 0 bridgehead atoms. The second-order valence-corrected chi connectivity index (χ2v) is 5.29. The Labute approximate surface area is 133 Å². The van der Waals surface area contributed by atoms with Crippen LogP contribution in [0.4, 0.5) is 0 Å². The number of piperidine rings is 1. The van der Waals surface area contributed by atoms with E-state index >= 15 is 0 Å². The molecule has 0 aliphatic carbocycles. The maximum absolute atomic E-state index is 12.2. The monoisotopic (exact) mass is 312 g/mol. The molecule has 1 aromatic carbocycles. The number of ether oxygens (including phenoxy) is 1. The molecule has 1 fully saturated rings. The lowest BCUT2D eigenvalue weighted by atomic mass is 9.86. The molecule has 0 atom stereocenters. The molecule has 5 heteroatoms. The lowest BCUT2D eigenvalue weighted by Gasteiger charge is -2.25. The highest BCUT2D eigenvalue weighted by molar-refractivity contribution is 5.95. The van der Waals surface area contributed by atoms with Crippen molar-refractivity contribution in [2.45, 2.75) is 25.7 Å². The van der Waals surface area contributed by atoms with Crippen molar-refractivity contribution in [2.24, 2.45) is 0 Å². The van der Waals surface area contributed by atoms with E-state index in [2.05, 4.69) is 23.6 Å². The van der Waals surface area contributed by atoms with Crippen molar-refractivity contribution < 1.29 is 9.53 Å². The first-order valence-electron chi connectivity index (χ1n) is 7.31. The summed E-state index contributed by atoms with van der Waals surface area (Å²) in [5, 5.41) is 6.28. The van der Waals surface area contributed by atoms with Gasteiger partial charge in [0, 0.05) is 19.2 Å². The number of rotatable bonds is 5. The molecule has 21 heavy (non-hydrogen) atoms. The molecule has 0 radical (unpaired) electrons. The minimum atomic E-state index is -0.00432. The molecule has 4 nitrogen and oxygen atoms in total. The molecule has 0 unspecified atom stereocenters. The van der Waals surface area contributed by atoms with Crippen LogP contribution in [-0.2, 0) is 4.74 Å². The van der Waals surface area contributed by atoms with Crippen LogP contribution < -0.4 is 10.6 Å². The van der Waals surface area contributed by atoms with Gasteiger partial charge in [0.25, 0.3) is 5.91 Å². The predicted octanol–water partition coefficient (Wildman–Crippen LogP) is 2.26. The number of hydrogen-bond acceptors (Lipinski definition) is 3. The average molecular weight is 313 g/mol. The molecule has 2 rings (SSSR count). The summed E-state index contributed by atoms with van der Waals surface area (Å²) in [7, 11) is 1.63. The smallest absolute Gasteiger partial charge is 0.251 e. The van der Waals surface area contributed by atoms with Gasteiger partial charge in [0.15, 0.2) is 0 Å². The molecule has 1 aromatic rings. The van der Waals surface area contributed by atoms with Gasteiger partial charge in [0.1, 0.15) is 0 Å². The summed E-state index contributed by atoms with van der Waals surface area (Å²) < 4.78 is 4.96. The summed E-state index contributed by atoms with van der Waals surface area (Å²) in [4.78, 5) is 12.2. The topological polar surface area (TPSA) is 50.4 Å². The van der Waals surface area contributed by atoms with Gasteiger partial charge in [-0.25, -0.2) is 0 Å². The van der Waals surface area contributed by atoms with Gasteiger partial charge in [-0.05, 0) is 56.0 Å². The van der Waals surface area contributed by atoms with Gasteiger partial charge in [-0.3, -0.25) is 4.79 Å². The van der Waals surface area contributed by atoms with Crippen LogP contribution in [0.5, 0.6) is 0 Å². The van der Waals surface area contributed by atoms with Crippen LogP contribution in [0.2, 0.25) is 0 Å². The zero-order chi connectivity index (χ0) is 14.4. The Bertz CT molecular complexity index is 460. The van der Waals surface area contributed by atoms with Crippen molar-refractivity contribution in [2.75, 3.05) is 33.4 Å². The first kappa shape index (κ1) is 18.0. The van der Waals surface area contributed by atoms with E-state index < -0.39 is 0 Å². The molecule has 0 saturated carbocycles. The van der Waals surface area contributed by atoms with Gasteiger partial charge in [-0.1, -0.05) is 12.1 Å². The number of amides is 1. The third kappa shape index (κ3) is 4.70. The Balaban J connectivity index is 0.00000220. The largest absolute Gasteiger partial charge is 0.383 e. The van der Waals surface area contributed by atoms with Crippen molar-refractivity contribution in [3.05, 3.63) is 34.9 Å². The summed E-state index contributed by atoms with van der Waals surface area (Å²) in [5.74, 6) is 0.568. The normalized spacial score (nSPS) is 15.3. The van der Waals surface area contributed by atoms with Gasteiger partial charge >= 0.3 is 0 Å². The lowest BCUT2D eigenvalue weighted by Crippen LogP contribution is -2.29. The minimum Gasteiger partial charge on any atom is -0.383 e. The highest BCUT2D eigenvalue weighted by Gasteiger charge is 2.19. The molecular weight excluding hydrogens is 288 g/mol. The van der Waals surface area contributed by atoms with Crippen LogP contribution in [0, 0.1) is 6.92 Å². The molecule has 0 aromatic heterocycles. The molecule has 1 heterocycles. The number of nitrogens with one attached hydrogen (secondary N) is 2. The third-order valence-electron chi connectivity index (χ3n) is 3.99. The SMILES string of the molecule is COCCNC(=O)c1cccc(C2CCNCC2)c1C.Cl. The zero-order valence-electron chi connectivity index (χ0n) is 12.8. The second-order valence-electron chi connectivity index (χ2n) is 5.29. The molecular formula is C16H25ClN2O2. The van der Waals surface area contributed by atoms with E-state index in [0.29, 0.717) is 19.1 Å². The Hall–Kier alpha value is -1.10. The van der Waals surface area contributed by atoms with Gasteiger partial charge in [0.2, 0.25) is 0 Å². The highest BCUT2D eigenvalue weighted by atomic mass is 35.5. The fourth-order valence-electron chi connectivity index (χ4n) is 2.84. The van der Waals surface area contributed by atoms with Crippen LogP contribution in [0.3, 0.4) is 0 Å². The van der Waals surface area contributed by atoms with Crippen LogP contribution >= 0.6 is 12.4 Å². The second kappa shape index (κ2) is 9.03. The molecule has 1 aliphatic rings. The number of benzene rings is 1. The van der Waals surface area contributed by atoms with Crippen LogP contribution in [-0.4, -0.2) is 39.3 Å². The number of hydrogen-bond donors (Lipinski definition) is 2. The van der Waals surface area contributed by atoms with Crippen molar-refractivity contribution in [1.29, 1.82) is 0 Å². The lowest BCUT2D eigenvalue weighted by molar-refractivity contribution is 0.0936. The van der Waals surface area contributed by atoms with E-state index in [1.165, 1.54) is 5.56 Å². The Morgan fingerprint density at radius 2 is 2.10 bits per heavy atom. The molecule has 0 spiro atoms. The Kier molecular flexibility index (Phi) is 7.72. The van der Waals surface area contributed by atoms with Crippen molar-refractivity contribution >= 4 is 18.3 Å². The maximum atomic E-state index is 12.2. The third-order valence-corrected chi connectivity index (χ3v) is 3.99. The summed E-state index contributed by atoms with van der Waals surface area (Å²) in [5.41, 5.74) is 3.23. The summed E-state index contributed by atoms with van der Waals surface area (Å²) >= 11 is 0. The minimum absolute atomic E-state index is 0. The number of carbonyl (C=O) groups excluding carboxylic acids is 1. The Morgan fingerprint density at radius 1 is 1.38 bits per heavy atom. The van der Waals surface area contributed by atoms with E-state index in [9.17, 15) is 4.79 Å². The Morgan fingerprint density at radius 3 is 2.76 bits per heavy atom. The number of halogens is 1. The maximum Gasteiger partial charge on any atom is 0.251 e. The highest BCUT2D eigenvalue weighted by Crippen LogP contribution is 2.29. The van der Waals surface area contributed by atoms with E-state index in [-0.39, 0.29) is 18.3 Å². The quantitative estimate of drug-likeness (QED) is 0.820. The summed E-state index contributed by atoms with van der Waals surface area (Å²) in [6, 6.07) is 6.06. The molecule has 2 N–H and O–H groups in total. The van der Waals surface area contributed by atoms with Crippen molar-refractivity contribution in [1.82, 2.24) is 10.6 Å². The van der Waals surface area contributed by atoms with Gasteiger partial charge < -0.3 is 15.4 Å². The van der Waals surface area contributed by atoms with Crippen molar-refractivity contribution in [3.63, 3.8) is 0 Å². The van der Waals surface area contributed by atoms with E-state index in [1.807, 2.05) is 12.1 Å². The summed E-state index contributed by atoms with van der Waals surface area (Å²) in [6.07, 6.45) is 2.30. The number of carbonyl (C=O) groups is 1. The average Bonchev–Trinajstić information content (AvgIpc) is 2.48. The molecule has 1 saturated heterocycles. The van der Waals surface area contributed by atoms with Gasteiger partial charge in [-0.2, -0.15) is 0 Å². The van der Waals surface area contributed by atoms with Gasteiger partial charge in [0.05, 0.1) is 6.61 Å². The molecule has 1 amide bonds. The fraction of sp³-hybridized carbons (Fsp3) is 0.562. The molecule has 1 aliphatic heterocycles. The van der Waals surface area contributed by atoms with Crippen LogP contribution in [0.15, 0.2) is 18.2 Å². The molecule has 118 valence electrons. The standard InChI is InChI=1S/C16H24N2O2.ClH/c1-12-14(13-6-8-17-9-7-13)4-3-5-15(12)16(19)18-10-11-20-2;/h3-5,13,17H,6-11H2,1-2H3,(H,18,19);1H. The van der Waals surface area contributed by atoms with E-state index in [1.54, 1.807) is 7.11 Å². The first-order chi connectivity index (χ1) is 9.74. The fourth-order valence-corrected chi connectivity index (χ4v) is 2.84. The number of methoxy groups -OCH3 is 1. The van der Waals surface area contributed by atoms with Gasteiger partial charge in [-0.15, -0.1) is 12.4 Å². The van der Waals surface area contributed by atoms with Crippen LogP contribution in [0.25, 0.3) is 0 Å². The summed E-state index contributed by atoms with van der Waals surface area (Å²) in [6.45, 7) is 5.27. The van der Waals surface area contributed by atoms with Crippen LogP contribution in [0.1, 0.15) is 40.2 Å². The van der Waals surface area contributed by atoms with E-state index in [0.717, 1.165) is 37.1 Å². The van der Waals surface area contributed by atoms with Crippen molar-refractivity contribution in [3.8, 4) is 0 Å². The first-order valence-corrected chi connectivity index (χ1v) is 7.31. The zero-order valence-corrected chi connectivity index (χ0v) is 13.6. The van der Waals surface area contributed by atoms with E-state index in [4.69, 9.17) is 4.74 Å².